The second kappa shape index (κ2) is 5.87. The molecule has 2 unspecified atom stereocenters. The maximum atomic E-state index is 11.8. The van der Waals surface area contributed by atoms with Crippen molar-refractivity contribution in [1.82, 2.24) is 5.32 Å². The number of nitrogens with one attached hydrogen (secondary N) is 1. The van der Waals surface area contributed by atoms with Crippen LogP contribution in [0, 0.1) is 0 Å². The highest BCUT2D eigenvalue weighted by molar-refractivity contribution is 5.77. The van der Waals surface area contributed by atoms with Gasteiger partial charge in [-0.3, -0.25) is 4.79 Å². The van der Waals surface area contributed by atoms with Gasteiger partial charge in [-0.05, 0) is 25.8 Å². The monoisotopic (exact) mass is 248 g/mol. The van der Waals surface area contributed by atoms with Gasteiger partial charge >= 0.3 is 0 Å². The van der Waals surface area contributed by atoms with Gasteiger partial charge in [0, 0.05) is 18.0 Å². The van der Waals surface area contributed by atoms with Crippen molar-refractivity contribution < 1.29 is 9.53 Å². The van der Waals surface area contributed by atoms with Crippen molar-refractivity contribution in [2.24, 2.45) is 5.73 Å². The van der Waals surface area contributed by atoms with Gasteiger partial charge in [0.05, 0.1) is 12.6 Å². The van der Waals surface area contributed by atoms with E-state index in [1.807, 2.05) is 31.2 Å². The molecule has 1 amide bonds. The van der Waals surface area contributed by atoms with Crippen LogP contribution in [0.2, 0.25) is 0 Å². The molecule has 18 heavy (non-hydrogen) atoms. The van der Waals surface area contributed by atoms with E-state index in [4.69, 9.17) is 10.5 Å². The Bertz CT molecular complexity index is 418. The van der Waals surface area contributed by atoms with E-state index >= 15 is 0 Å². The molecule has 98 valence electrons. The summed E-state index contributed by atoms with van der Waals surface area (Å²) in [5.41, 5.74) is 6.70. The third-order valence-electron chi connectivity index (χ3n) is 3.03. The van der Waals surface area contributed by atoms with Gasteiger partial charge in [0.15, 0.2) is 0 Å². The summed E-state index contributed by atoms with van der Waals surface area (Å²) < 4.78 is 5.67. The topological polar surface area (TPSA) is 64.4 Å². The van der Waals surface area contributed by atoms with E-state index in [0.29, 0.717) is 13.0 Å². The predicted molar refractivity (Wildman–Crippen MR) is 70.3 cm³/mol. The van der Waals surface area contributed by atoms with Gasteiger partial charge in [-0.1, -0.05) is 18.2 Å². The highest BCUT2D eigenvalue weighted by Gasteiger charge is 2.21. The normalized spacial score (nSPS) is 20.2. The van der Waals surface area contributed by atoms with Crippen LogP contribution in [0.3, 0.4) is 0 Å². The lowest BCUT2D eigenvalue weighted by molar-refractivity contribution is -0.122. The maximum Gasteiger partial charge on any atom is 0.222 e. The smallest absolute Gasteiger partial charge is 0.222 e. The molecule has 4 heteroatoms. The number of carbonyl (C=O) groups is 1. The quantitative estimate of drug-likeness (QED) is 0.856. The SMILES string of the molecule is CC(N)CC(=O)NC1CCCOc2ccccc21. The first-order valence-electron chi connectivity index (χ1n) is 6.43. The van der Waals surface area contributed by atoms with Crippen LogP contribution in [-0.2, 0) is 4.79 Å². The molecule has 1 heterocycles. The Morgan fingerprint density at radius 2 is 2.33 bits per heavy atom. The van der Waals surface area contributed by atoms with Gasteiger partial charge in [0.25, 0.3) is 0 Å². The first kappa shape index (κ1) is 12.9. The summed E-state index contributed by atoms with van der Waals surface area (Å²) in [4.78, 5) is 11.8. The van der Waals surface area contributed by atoms with Gasteiger partial charge in [0.1, 0.15) is 5.75 Å². The Labute approximate surface area is 108 Å². The van der Waals surface area contributed by atoms with Crippen molar-refractivity contribution >= 4 is 5.91 Å². The third-order valence-corrected chi connectivity index (χ3v) is 3.03. The van der Waals surface area contributed by atoms with Gasteiger partial charge in [-0.25, -0.2) is 0 Å². The number of fused-ring (bicyclic) bond motifs is 1. The van der Waals surface area contributed by atoms with Crippen LogP contribution in [0.5, 0.6) is 5.75 Å². The van der Waals surface area contributed by atoms with Crippen molar-refractivity contribution in [3.63, 3.8) is 0 Å². The molecule has 3 N–H and O–H groups in total. The van der Waals surface area contributed by atoms with Gasteiger partial charge in [-0.15, -0.1) is 0 Å². The zero-order chi connectivity index (χ0) is 13.0. The number of nitrogens with two attached hydrogens (primary N) is 1. The number of carbonyl (C=O) groups excluding carboxylic acids is 1. The molecule has 1 aliphatic heterocycles. The summed E-state index contributed by atoms with van der Waals surface area (Å²) in [7, 11) is 0. The molecule has 0 saturated carbocycles. The molecule has 1 aromatic rings. The van der Waals surface area contributed by atoms with Crippen LogP contribution in [0.4, 0.5) is 0 Å². The summed E-state index contributed by atoms with van der Waals surface area (Å²) >= 11 is 0. The first-order valence-corrected chi connectivity index (χ1v) is 6.43. The lowest BCUT2D eigenvalue weighted by Gasteiger charge is -2.18. The average Bonchev–Trinajstić information content (AvgIpc) is 2.51. The van der Waals surface area contributed by atoms with Crippen LogP contribution in [0.15, 0.2) is 24.3 Å². The summed E-state index contributed by atoms with van der Waals surface area (Å²) in [6.07, 6.45) is 2.21. The summed E-state index contributed by atoms with van der Waals surface area (Å²) in [6, 6.07) is 7.81. The van der Waals surface area contributed by atoms with E-state index < -0.39 is 0 Å². The number of amides is 1. The van der Waals surface area contributed by atoms with E-state index in [2.05, 4.69) is 5.32 Å². The summed E-state index contributed by atoms with van der Waals surface area (Å²) in [5.74, 6) is 0.882. The van der Waals surface area contributed by atoms with Crippen molar-refractivity contribution in [3.8, 4) is 5.75 Å². The van der Waals surface area contributed by atoms with Crippen LogP contribution in [0.1, 0.15) is 37.8 Å². The largest absolute Gasteiger partial charge is 0.493 e. The van der Waals surface area contributed by atoms with E-state index in [1.165, 1.54) is 0 Å². The van der Waals surface area contributed by atoms with Crippen molar-refractivity contribution in [2.45, 2.75) is 38.3 Å². The standard InChI is InChI=1S/C14H20N2O2/c1-10(15)9-14(17)16-12-6-4-8-18-13-7-3-2-5-11(12)13/h2-3,5,7,10,12H,4,6,8-9,15H2,1H3,(H,16,17). The molecule has 0 radical (unpaired) electrons. The Morgan fingerprint density at radius 3 is 3.11 bits per heavy atom. The van der Waals surface area contributed by atoms with E-state index in [0.717, 1.165) is 24.2 Å². The van der Waals surface area contributed by atoms with E-state index in [-0.39, 0.29) is 18.0 Å². The summed E-state index contributed by atoms with van der Waals surface area (Å²) in [6.45, 7) is 2.54. The van der Waals surface area contributed by atoms with E-state index in [9.17, 15) is 4.79 Å². The number of ether oxygens (including phenoxy) is 1. The maximum absolute atomic E-state index is 11.8. The lowest BCUT2D eigenvalue weighted by Crippen LogP contribution is -2.32. The minimum atomic E-state index is -0.109. The molecule has 2 rings (SSSR count). The zero-order valence-corrected chi connectivity index (χ0v) is 10.7. The minimum absolute atomic E-state index is 0.00621. The number of hydrogen-bond acceptors (Lipinski definition) is 3. The van der Waals surface area contributed by atoms with Crippen molar-refractivity contribution in [2.75, 3.05) is 6.61 Å². The Morgan fingerprint density at radius 1 is 1.56 bits per heavy atom. The number of para-hydroxylation sites is 1. The molecule has 1 aliphatic rings. The molecule has 0 spiro atoms. The van der Waals surface area contributed by atoms with Crippen molar-refractivity contribution in [1.29, 1.82) is 0 Å². The van der Waals surface area contributed by atoms with Gasteiger partial charge in [-0.2, -0.15) is 0 Å². The van der Waals surface area contributed by atoms with Crippen LogP contribution < -0.4 is 15.8 Å². The van der Waals surface area contributed by atoms with Gasteiger partial charge in [0.2, 0.25) is 5.91 Å². The minimum Gasteiger partial charge on any atom is -0.493 e. The Hall–Kier alpha value is -1.55. The summed E-state index contributed by atoms with van der Waals surface area (Å²) in [5, 5.41) is 3.05. The molecule has 0 aromatic heterocycles. The molecule has 1 aromatic carbocycles. The van der Waals surface area contributed by atoms with E-state index in [1.54, 1.807) is 0 Å². The average molecular weight is 248 g/mol. The molecule has 4 nitrogen and oxygen atoms in total. The lowest BCUT2D eigenvalue weighted by atomic mass is 10.0. The number of rotatable bonds is 3. The van der Waals surface area contributed by atoms with Crippen LogP contribution in [-0.4, -0.2) is 18.6 Å². The molecule has 2 atom stereocenters. The highest BCUT2D eigenvalue weighted by atomic mass is 16.5. The molecule has 0 saturated heterocycles. The second-order valence-corrected chi connectivity index (χ2v) is 4.83. The fourth-order valence-electron chi connectivity index (χ4n) is 2.22. The predicted octanol–water partition coefficient (Wildman–Crippen LogP) is 1.75. The molecule has 0 aliphatic carbocycles. The van der Waals surface area contributed by atoms with Gasteiger partial charge < -0.3 is 15.8 Å². The number of hydrogen-bond donors (Lipinski definition) is 2. The molecular formula is C14H20N2O2. The Balaban J connectivity index is 2.10. The zero-order valence-electron chi connectivity index (χ0n) is 10.7. The fraction of sp³-hybridized carbons (Fsp3) is 0.500. The first-order chi connectivity index (χ1) is 8.66. The molecule has 0 fully saturated rings. The second-order valence-electron chi connectivity index (χ2n) is 4.83. The molecular weight excluding hydrogens is 228 g/mol. The van der Waals surface area contributed by atoms with Crippen molar-refractivity contribution in [3.05, 3.63) is 29.8 Å². The molecule has 0 bridgehead atoms. The highest BCUT2D eigenvalue weighted by Crippen LogP contribution is 2.31. The Kier molecular flexibility index (Phi) is 4.20. The van der Waals surface area contributed by atoms with Crippen LogP contribution >= 0.6 is 0 Å². The fourth-order valence-corrected chi connectivity index (χ4v) is 2.22. The number of benzene rings is 1. The third kappa shape index (κ3) is 3.23. The van der Waals surface area contributed by atoms with Crippen LogP contribution in [0.25, 0.3) is 0 Å².